The SMILES string of the molecule is N[C@@H]1[C@H]2CN(C(=O)Nc3cc(F)c(F)cc3F)C[C@@H]12. The molecule has 0 bridgehead atoms. The number of carbonyl (C=O) groups excluding carboxylic acids is 1. The molecule has 0 spiro atoms. The number of nitrogens with two attached hydrogens (primary N) is 1. The van der Waals surface area contributed by atoms with Crippen LogP contribution in [-0.4, -0.2) is 30.1 Å². The van der Waals surface area contributed by atoms with E-state index in [4.69, 9.17) is 5.73 Å². The molecule has 1 aromatic rings. The van der Waals surface area contributed by atoms with Crippen molar-refractivity contribution in [3.05, 3.63) is 29.6 Å². The highest BCUT2D eigenvalue weighted by Gasteiger charge is 2.54. The van der Waals surface area contributed by atoms with Crippen molar-refractivity contribution >= 4 is 11.7 Å². The average molecular weight is 271 g/mol. The van der Waals surface area contributed by atoms with Gasteiger partial charge in [0.05, 0.1) is 5.69 Å². The van der Waals surface area contributed by atoms with E-state index in [1.807, 2.05) is 0 Å². The average Bonchev–Trinajstić information content (AvgIpc) is 2.78. The number of carbonyl (C=O) groups is 1. The van der Waals surface area contributed by atoms with Gasteiger partial charge in [-0.3, -0.25) is 0 Å². The minimum Gasteiger partial charge on any atom is -0.327 e. The standard InChI is InChI=1S/C12H12F3N3O/c13-7-1-9(15)10(2-8(7)14)17-12(19)18-3-5-6(4-18)11(5)16/h1-2,5-6,11H,3-4,16H2,(H,17,19)/t5-,6+,11+. The summed E-state index contributed by atoms with van der Waals surface area (Å²) < 4.78 is 39.1. The summed E-state index contributed by atoms with van der Waals surface area (Å²) >= 11 is 0. The predicted octanol–water partition coefficient (Wildman–Crippen LogP) is 1.52. The van der Waals surface area contributed by atoms with Gasteiger partial charge in [0, 0.05) is 31.3 Å². The number of amides is 2. The summed E-state index contributed by atoms with van der Waals surface area (Å²) in [7, 11) is 0. The number of halogens is 3. The van der Waals surface area contributed by atoms with Gasteiger partial charge in [0.1, 0.15) is 5.82 Å². The van der Waals surface area contributed by atoms with E-state index in [9.17, 15) is 18.0 Å². The number of hydrogen-bond acceptors (Lipinski definition) is 2. The number of anilines is 1. The molecule has 3 N–H and O–H groups in total. The molecular weight excluding hydrogens is 259 g/mol. The molecule has 2 fully saturated rings. The summed E-state index contributed by atoms with van der Waals surface area (Å²) in [6.07, 6.45) is 0. The lowest BCUT2D eigenvalue weighted by Crippen LogP contribution is -2.37. The third-order valence-corrected chi connectivity index (χ3v) is 3.80. The smallest absolute Gasteiger partial charge is 0.321 e. The molecule has 1 aliphatic heterocycles. The Morgan fingerprint density at radius 3 is 2.37 bits per heavy atom. The van der Waals surface area contributed by atoms with Gasteiger partial charge in [0.15, 0.2) is 11.6 Å². The molecule has 3 atom stereocenters. The van der Waals surface area contributed by atoms with Crippen LogP contribution in [0, 0.1) is 29.3 Å². The zero-order valence-corrected chi connectivity index (χ0v) is 9.87. The van der Waals surface area contributed by atoms with E-state index in [-0.39, 0.29) is 11.7 Å². The summed E-state index contributed by atoms with van der Waals surface area (Å²) in [5, 5.41) is 2.24. The van der Waals surface area contributed by atoms with Crippen LogP contribution in [0.1, 0.15) is 0 Å². The lowest BCUT2D eigenvalue weighted by atomic mass is 10.3. The van der Waals surface area contributed by atoms with Crippen molar-refractivity contribution in [2.45, 2.75) is 6.04 Å². The van der Waals surface area contributed by atoms with Crippen LogP contribution in [0.3, 0.4) is 0 Å². The second kappa shape index (κ2) is 4.12. The first-order valence-corrected chi connectivity index (χ1v) is 5.93. The van der Waals surface area contributed by atoms with Gasteiger partial charge in [-0.05, 0) is 11.8 Å². The Morgan fingerprint density at radius 2 is 1.74 bits per heavy atom. The van der Waals surface area contributed by atoms with Crippen molar-refractivity contribution < 1.29 is 18.0 Å². The normalized spacial score (nSPS) is 28.2. The lowest BCUT2D eigenvalue weighted by Gasteiger charge is -2.19. The summed E-state index contributed by atoms with van der Waals surface area (Å²) in [6, 6.07) is 0.654. The van der Waals surface area contributed by atoms with Gasteiger partial charge in [0.2, 0.25) is 0 Å². The topological polar surface area (TPSA) is 58.4 Å². The first-order valence-electron chi connectivity index (χ1n) is 5.93. The number of hydrogen-bond donors (Lipinski definition) is 2. The number of fused-ring (bicyclic) bond motifs is 1. The van der Waals surface area contributed by atoms with E-state index in [1.54, 1.807) is 0 Å². The van der Waals surface area contributed by atoms with Gasteiger partial charge in [-0.2, -0.15) is 0 Å². The fourth-order valence-electron chi connectivity index (χ4n) is 2.55. The minimum absolute atomic E-state index is 0.143. The second-order valence-corrected chi connectivity index (χ2v) is 4.99. The Morgan fingerprint density at radius 1 is 1.16 bits per heavy atom. The van der Waals surface area contributed by atoms with Crippen molar-refractivity contribution in [3.8, 4) is 0 Å². The van der Waals surface area contributed by atoms with Crippen LogP contribution in [0.15, 0.2) is 12.1 Å². The maximum absolute atomic E-state index is 13.4. The maximum Gasteiger partial charge on any atom is 0.321 e. The monoisotopic (exact) mass is 271 g/mol. The molecule has 1 aromatic carbocycles. The highest BCUT2D eigenvalue weighted by Crippen LogP contribution is 2.43. The molecular formula is C12H12F3N3O. The predicted molar refractivity (Wildman–Crippen MR) is 61.9 cm³/mol. The Balaban J connectivity index is 1.68. The van der Waals surface area contributed by atoms with Gasteiger partial charge in [0.25, 0.3) is 0 Å². The van der Waals surface area contributed by atoms with Crippen LogP contribution < -0.4 is 11.1 Å². The molecule has 1 heterocycles. The molecule has 2 aliphatic rings. The summed E-state index contributed by atoms with van der Waals surface area (Å²) in [5.41, 5.74) is 5.37. The van der Waals surface area contributed by atoms with Gasteiger partial charge in [-0.15, -0.1) is 0 Å². The number of nitrogens with zero attached hydrogens (tertiary/aromatic N) is 1. The number of nitrogens with one attached hydrogen (secondary N) is 1. The first kappa shape index (κ1) is 12.3. The molecule has 0 radical (unpaired) electrons. The molecule has 4 nitrogen and oxygen atoms in total. The Kier molecular flexibility index (Phi) is 2.67. The number of likely N-dealkylation sites (tertiary alicyclic amines) is 1. The molecule has 1 aliphatic carbocycles. The van der Waals surface area contributed by atoms with Crippen LogP contribution in [0.25, 0.3) is 0 Å². The van der Waals surface area contributed by atoms with Crippen LogP contribution in [0.4, 0.5) is 23.7 Å². The van der Waals surface area contributed by atoms with Gasteiger partial charge in [-0.1, -0.05) is 0 Å². The molecule has 0 unspecified atom stereocenters. The fourth-order valence-corrected chi connectivity index (χ4v) is 2.55. The first-order chi connectivity index (χ1) is 8.97. The van der Waals surface area contributed by atoms with Crippen molar-refractivity contribution in [2.24, 2.45) is 17.6 Å². The van der Waals surface area contributed by atoms with E-state index in [0.29, 0.717) is 37.1 Å². The quantitative estimate of drug-likeness (QED) is 0.761. The van der Waals surface area contributed by atoms with Crippen LogP contribution >= 0.6 is 0 Å². The Labute approximate surface area is 107 Å². The molecule has 1 saturated heterocycles. The van der Waals surface area contributed by atoms with Crippen molar-refractivity contribution in [1.29, 1.82) is 0 Å². The number of benzene rings is 1. The summed E-state index contributed by atoms with van der Waals surface area (Å²) in [5.74, 6) is -2.89. The Hall–Kier alpha value is -1.76. The highest BCUT2D eigenvalue weighted by molar-refractivity contribution is 5.89. The van der Waals surface area contributed by atoms with Crippen LogP contribution in [0.2, 0.25) is 0 Å². The number of piperidine rings is 1. The molecule has 1 saturated carbocycles. The van der Waals surface area contributed by atoms with Gasteiger partial charge in [-0.25, -0.2) is 18.0 Å². The Bertz CT molecular complexity index is 539. The van der Waals surface area contributed by atoms with Crippen molar-refractivity contribution in [2.75, 3.05) is 18.4 Å². The fraction of sp³-hybridized carbons (Fsp3) is 0.417. The van der Waals surface area contributed by atoms with E-state index in [2.05, 4.69) is 5.32 Å². The summed E-state index contributed by atoms with van der Waals surface area (Å²) in [4.78, 5) is 13.3. The zero-order chi connectivity index (χ0) is 13.7. The van der Waals surface area contributed by atoms with Gasteiger partial charge < -0.3 is 16.0 Å². The third-order valence-electron chi connectivity index (χ3n) is 3.80. The van der Waals surface area contributed by atoms with Gasteiger partial charge >= 0.3 is 6.03 Å². The maximum atomic E-state index is 13.4. The van der Waals surface area contributed by atoms with Crippen molar-refractivity contribution in [1.82, 2.24) is 4.90 Å². The molecule has 19 heavy (non-hydrogen) atoms. The van der Waals surface area contributed by atoms with E-state index < -0.39 is 23.5 Å². The van der Waals surface area contributed by atoms with Crippen LogP contribution in [0.5, 0.6) is 0 Å². The number of rotatable bonds is 1. The van der Waals surface area contributed by atoms with Crippen LogP contribution in [-0.2, 0) is 0 Å². The van der Waals surface area contributed by atoms with E-state index in [0.717, 1.165) is 0 Å². The molecule has 7 heteroatoms. The summed E-state index contributed by atoms with van der Waals surface area (Å²) in [6.45, 7) is 1.03. The van der Waals surface area contributed by atoms with E-state index >= 15 is 0 Å². The zero-order valence-electron chi connectivity index (χ0n) is 9.87. The third kappa shape index (κ3) is 2.03. The second-order valence-electron chi connectivity index (χ2n) is 4.99. The van der Waals surface area contributed by atoms with Crippen molar-refractivity contribution in [3.63, 3.8) is 0 Å². The number of urea groups is 1. The molecule has 0 aromatic heterocycles. The molecule has 2 amide bonds. The largest absolute Gasteiger partial charge is 0.327 e. The van der Waals surface area contributed by atoms with E-state index in [1.165, 1.54) is 4.90 Å². The highest BCUT2D eigenvalue weighted by atomic mass is 19.2. The lowest BCUT2D eigenvalue weighted by molar-refractivity contribution is 0.216. The molecule has 3 rings (SSSR count). The molecule has 102 valence electrons. The minimum atomic E-state index is -1.29.